The van der Waals surface area contributed by atoms with Crippen molar-refractivity contribution in [3.05, 3.63) is 53.1 Å². The number of rotatable bonds is 4. The molecule has 0 bridgehead atoms. The van der Waals surface area contributed by atoms with E-state index in [-0.39, 0.29) is 5.91 Å². The minimum Gasteiger partial charge on any atom is -0.370 e. The van der Waals surface area contributed by atoms with Gasteiger partial charge in [0, 0.05) is 68.9 Å². The first-order valence-electron chi connectivity index (χ1n) is 10.9. The number of hydrogen-bond acceptors (Lipinski definition) is 5. The van der Waals surface area contributed by atoms with Gasteiger partial charge in [-0.3, -0.25) is 4.79 Å². The molecule has 1 saturated heterocycles. The summed E-state index contributed by atoms with van der Waals surface area (Å²) in [5, 5.41) is 3.44. The summed E-state index contributed by atoms with van der Waals surface area (Å²) in [6.07, 6.45) is 6.80. The van der Waals surface area contributed by atoms with Gasteiger partial charge in [-0.2, -0.15) is 0 Å². The lowest BCUT2D eigenvalue weighted by Gasteiger charge is -2.30. The average Bonchev–Trinajstić information content (AvgIpc) is 3.20. The van der Waals surface area contributed by atoms with E-state index in [0.29, 0.717) is 18.9 Å². The Morgan fingerprint density at radius 1 is 1.17 bits per heavy atom. The molecule has 29 heavy (non-hydrogen) atoms. The third kappa shape index (κ3) is 3.86. The fourth-order valence-electron chi connectivity index (χ4n) is 4.84. The second kappa shape index (κ2) is 8.11. The van der Waals surface area contributed by atoms with E-state index >= 15 is 0 Å². The molecule has 1 aromatic heterocycles. The summed E-state index contributed by atoms with van der Waals surface area (Å²) in [6.45, 7) is 5.30. The van der Waals surface area contributed by atoms with Crippen LogP contribution < -0.4 is 10.2 Å². The highest BCUT2D eigenvalue weighted by Crippen LogP contribution is 2.28. The zero-order valence-electron chi connectivity index (χ0n) is 16.9. The Bertz CT molecular complexity index is 893. The molecule has 6 heteroatoms. The van der Waals surface area contributed by atoms with Crippen LogP contribution in [0.5, 0.6) is 0 Å². The largest absolute Gasteiger partial charge is 0.370 e. The Morgan fingerprint density at radius 3 is 3.00 bits per heavy atom. The van der Waals surface area contributed by atoms with Crippen LogP contribution in [-0.4, -0.2) is 53.5 Å². The predicted molar refractivity (Wildman–Crippen MR) is 113 cm³/mol. The van der Waals surface area contributed by atoms with Gasteiger partial charge in [-0.25, -0.2) is 9.97 Å². The van der Waals surface area contributed by atoms with Crippen molar-refractivity contribution >= 4 is 11.6 Å². The highest BCUT2D eigenvalue weighted by molar-refractivity contribution is 5.77. The van der Waals surface area contributed by atoms with Crippen molar-refractivity contribution in [1.82, 2.24) is 20.2 Å². The number of nitrogens with one attached hydrogen (secondary N) is 1. The van der Waals surface area contributed by atoms with Crippen LogP contribution in [0.2, 0.25) is 0 Å². The van der Waals surface area contributed by atoms with Gasteiger partial charge in [-0.05, 0) is 37.4 Å². The number of amides is 1. The summed E-state index contributed by atoms with van der Waals surface area (Å²) in [4.78, 5) is 26.7. The monoisotopic (exact) mass is 391 g/mol. The molecule has 1 fully saturated rings. The topological polar surface area (TPSA) is 61.4 Å². The molecule has 1 atom stereocenters. The maximum Gasteiger partial charge on any atom is 0.224 e. The Labute approximate surface area is 172 Å². The Balaban J connectivity index is 1.19. The SMILES string of the molecule is O=C(CCN1CCc2ccccc21)N1CCc2nc(C3CCCNC3)ncc2C1. The molecule has 4 heterocycles. The standard InChI is InChI=1S/C23H29N5O/c29-22(9-13-27-11-7-17-4-1-2-6-21(17)27)28-12-8-20-19(16-28)15-25-23(26-20)18-5-3-10-24-14-18/h1-2,4,6,15,18,24H,3,5,7-14,16H2. The van der Waals surface area contributed by atoms with Crippen molar-refractivity contribution in [2.45, 2.75) is 44.6 Å². The van der Waals surface area contributed by atoms with Crippen LogP contribution in [0.25, 0.3) is 0 Å². The van der Waals surface area contributed by atoms with Crippen molar-refractivity contribution in [3.63, 3.8) is 0 Å². The maximum atomic E-state index is 12.8. The fraction of sp³-hybridized carbons (Fsp3) is 0.522. The lowest BCUT2D eigenvalue weighted by molar-refractivity contribution is -0.131. The minimum absolute atomic E-state index is 0.237. The molecule has 0 saturated carbocycles. The summed E-state index contributed by atoms with van der Waals surface area (Å²) >= 11 is 0. The normalized spacial score (nSPS) is 21.0. The third-order valence-corrected chi connectivity index (χ3v) is 6.55. The summed E-state index contributed by atoms with van der Waals surface area (Å²) < 4.78 is 0. The van der Waals surface area contributed by atoms with E-state index < -0.39 is 0 Å². The number of benzene rings is 1. The van der Waals surface area contributed by atoms with E-state index in [1.807, 2.05) is 11.1 Å². The molecule has 152 valence electrons. The van der Waals surface area contributed by atoms with Crippen LogP contribution in [0.3, 0.4) is 0 Å². The van der Waals surface area contributed by atoms with Crippen LogP contribution in [0, 0.1) is 0 Å². The molecule has 0 aliphatic carbocycles. The van der Waals surface area contributed by atoms with Crippen LogP contribution in [0.4, 0.5) is 5.69 Å². The molecule has 1 unspecified atom stereocenters. The summed E-state index contributed by atoms with van der Waals surface area (Å²) in [5.41, 5.74) is 4.94. The molecule has 3 aliphatic rings. The first-order chi connectivity index (χ1) is 14.3. The van der Waals surface area contributed by atoms with Crippen molar-refractivity contribution in [2.24, 2.45) is 0 Å². The van der Waals surface area contributed by atoms with Gasteiger partial charge in [0.1, 0.15) is 5.82 Å². The second-order valence-corrected chi connectivity index (χ2v) is 8.42. The molecule has 1 aromatic carbocycles. The highest BCUT2D eigenvalue weighted by Gasteiger charge is 2.26. The van der Waals surface area contributed by atoms with Crippen LogP contribution in [-0.2, 0) is 24.2 Å². The van der Waals surface area contributed by atoms with E-state index in [2.05, 4.69) is 39.5 Å². The van der Waals surface area contributed by atoms with E-state index in [1.165, 1.54) is 17.7 Å². The van der Waals surface area contributed by atoms with Crippen molar-refractivity contribution in [2.75, 3.05) is 37.6 Å². The number of fused-ring (bicyclic) bond motifs is 2. The average molecular weight is 392 g/mol. The smallest absolute Gasteiger partial charge is 0.224 e. The van der Waals surface area contributed by atoms with Gasteiger partial charge in [-0.1, -0.05) is 18.2 Å². The molecular weight excluding hydrogens is 362 g/mol. The minimum atomic E-state index is 0.237. The van der Waals surface area contributed by atoms with Gasteiger partial charge in [0.2, 0.25) is 5.91 Å². The Hall–Kier alpha value is -2.47. The summed E-state index contributed by atoms with van der Waals surface area (Å²) in [6, 6.07) is 8.53. The molecule has 1 N–H and O–H groups in total. The third-order valence-electron chi connectivity index (χ3n) is 6.55. The first-order valence-corrected chi connectivity index (χ1v) is 10.9. The molecule has 0 radical (unpaired) electrons. The number of carbonyl (C=O) groups is 1. The van der Waals surface area contributed by atoms with Crippen LogP contribution >= 0.6 is 0 Å². The predicted octanol–water partition coefficient (Wildman–Crippen LogP) is 2.28. The van der Waals surface area contributed by atoms with Gasteiger partial charge in [0.25, 0.3) is 0 Å². The maximum absolute atomic E-state index is 12.8. The molecule has 0 spiro atoms. The molecule has 3 aliphatic heterocycles. The van der Waals surface area contributed by atoms with Gasteiger partial charge in [0.05, 0.1) is 5.69 Å². The molecule has 5 rings (SSSR count). The lowest BCUT2D eigenvalue weighted by Crippen LogP contribution is -2.38. The second-order valence-electron chi connectivity index (χ2n) is 8.42. The summed E-state index contributed by atoms with van der Waals surface area (Å²) in [7, 11) is 0. The van der Waals surface area contributed by atoms with Crippen LogP contribution in [0.15, 0.2) is 30.5 Å². The van der Waals surface area contributed by atoms with Crippen molar-refractivity contribution in [1.29, 1.82) is 0 Å². The Morgan fingerprint density at radius 2 is 2.10 bits per heavy atom. The quantitative estimate of drug-likeness (QED) is 0.866. The van der Waals surface area contributed by atoms with Gasteiger partial charge in [0.15, 0.2) is 0 Å². The molecule has 6 nitrogen and oxygen atoms in total. The highest BCUT2D eigenvalue weighted by atomic mass is 16.2. The van der Waals surface area contributed by atoms with Crippen LogP contribution in [0.1, 0.15) is 47.8 Å². The van der Waals surface area contributed by atoms with Crippen molar-refractivity contribution < 1.29 is 4.79 Å². The van der Waals surface area contributed by atoms with Crippen molar-refractivity contribution in [3.8, 4) is 0 Å². The summed E-state index contributed by atoms with van der Waals surface area (Å²) in [5.74, 6) is 1.64. The molecule has 2 aromatic rings. The van der Waals surface area contributed by atoms with E-state index in [9.17, 15) is 4.79 Å². The fourth-order valence-corrected chi connectivity index (χ4v) is 4.84. The van der Waals surface area contributed by atoms with E-state index in [4.69, 9.17) is 4.98 Å². The number of piperidine rings is 1. The number of aromatic nitrogens is 2. The van der Waals surface area contributed by atoms with Gasteiger partial charge >= 0.3 is 0 Å². The van der Waals surface area contributed by atoms with E-state index in [1.54, 1.807) is 0 Å². The molecule has 1 amide bonds. The Kier molecular flexibility index (Phi) is 5.19. The zero-order valence-corrected chi connectivity index (χ0v) is 16.9. The molecular formula is C23H29N5O. The van der Waals surface area contributed by atoms with E-state index in [0.717, 1.165) is 69.1 Å². The lowest BCUT2D eigenvalue weighted by atomic mass is 9.98. The number of hydrogen-bond donors (Lipinski definition) is 1. The van der Waals surface area contributed by atoms with Gasteiger partial charge < -0.3 is 15.1 Å². The number of nitrogens with zero attached hydrogens (tertiary/aromatic N) is 4. The van der Waals surface area contributed by atoms with Gasteiger partial charge in [-0.15, -0.1) is 0 Å². The number of para-hydroxylation sites is 1. The first kappa shape index (κ1) is 18.6. The number of carbonyl (C=O) groups excluding carboxylic acids is 1. The zero-order chi connectivity index (χ0) is 19.6. The number of anilines is 1.